The number of anilines is 1. The Balaban J connectivity index is 1.42. The van der Waals surface area contributed by atoms with E-state index in [1.807, 2.05) is 22.9 Å². The molecule has 30 heavy (non-hydrogen) atoms. The predicted molar refractivity (Wildman–Crippen MR) is 131 cm³/mol. The Morgan fingerprint density at radius 2 is 2.07 bits per heavy atom. The van der Waals surface area contributed by atoms with Gasteiger partial charge in [0, 0.05) is 31.7 Å². The van der Waals surface area contributed by atoms with Crippen LogP contribution in [-0.4, -0.2) is 30.4 Å². The van der Waals surface area contributed by atoms with Crippen molar-refractivity contribution in [3.8, 4) is 0 Å². The average Bonchev–Trinajstić information content (AvgIpc) is 3.29. The van der Waals surface area contributed by atoms with Crippen LogP contribution >= 0.6 is 22.6 Å². The molecule has 5 nitrogen and oxygen atoms in total. The number of ether oxygens (including phenoxy) is 1. The highest BCUT2D eigenvalue weighted by molar-refractivity contribution is 14.1. The van der Waals surface area contributed by atoms with E-state index < -0.39 is 13.5 Å². The van der Waals surface area contributed by atoms with E-state index in [-0.39, 0.29) is 11.8 Å². The minimum atomic E-state index is -1.11. The summed E-state index contributed by atoms with van der Waals surface area (Å²) in [6.45, 7) is 8.32. The Hall–Kier alpha value is -1.71. The number of halogens is 1. The Morgan fingerprint density at radius 3 is 2.87 bits per heavy atom. The number of nitrogens with zero attached hydrogens (tertiary/aromatic N) is 2. The first-order valence-electron chi connectivity index (χ1n) is 10.4. The molecule has 0 bridgehead atoms. The van der Waals surface area contributed by atoms with Gasteiger partial charge in [-0.1, -0.05) is 43.9 Å². The van der Waals surface area contributed by atoms with E-state index in [9.17, 15) is 4.79 Å². The summed E-state index contributed by atoms with van der Waals surface area (Å²) in [5.41, 5.74) is 3.97. The maximum atomic E-state index is 12.8. The van der Waals surface area contributed by atoms with E-state index in [0.29, 0.717) is 6.73 Å². The van der Waals surface area contributed by atoms with Crippen LogP contribution in [0, 0.1) is 3.70 Å². The quantitative estimate of drug-likeness (QED) is 0.266. The lowest BCUT2D eigenvalue weighted by molar-refractivity contribution is -0.118. The summed E-state index contributed by atoms with van der Waals surface area (Å²) >= 11 is 2.29. The van der Waals surface area contributed by atoms with Crippen LogP contribution in [0.25, 0.3) is 10.9 Å². The summed E-state index contributed by atoms with van der Waals surface area (Å²) in [7, 11) is -1.11. The lowest BCUT2D eigenvalue weighted by Crippen LogP contribution is -2.22. The molecule has 2 atom stereocenters. The highest BCUT2D eigenvalue weighted by Gasteiger charge is 2.65. The van der Waals surface area contributed by atoms with E-state index in [1.165, 1.54) is 5.56 Å². The average molecular weight is 531 g/mol. The van der Waals surface area contributed by atoms with Crippen LogP contribution in [-0.2, 0) is 21.7 Å². The Labute approximate surface area is 191 Å². The van der Waals surface area contributed by atoms with Gasteiger partial charge in [-0.25, -0.2) is 4.68 Å². The van der Waals surface area contributed by atoms with Gasteiger partial charge in [0.1, 0.15) is 10.4 Å². The first-order chi connectivity index (χ1) is 14.3. The standard InChI is InChI=1S/C23H26IN3O2Si/c1-30(2,3)11-10-29-14-27-20-12-15(8-9-16(20)21(24)26-27)18-13-23(18)17-6-4-5-7-19(17)25-22(23)28/h4-9,12,18H,10-11,13-14H2,1-3H3,(H,25,28)/t18-,23?/m0/s1. The molecule has 156 valence electrons. The zero-order chi connectivity index (χ0) is 21.1. The third-order valence-corrected chi connectivity index (χ3v) is 8.87. The van der Waals surface area contributed by atoms with Gasteiger partial charge in [-0.15, -0.1) is 0 Å². The van der Waals surface area contributed by atoms with Gasteiger partial charge in [-0.3, -0.25) is 4.79 Å². The fourth-order valence-corrected chi connectivity index (χ4v) is 6.02. The third-order valence-electron chi connectivity index (χ3n) is 6.36. The topological polar surface area (TPSA) is 56.2 Å². The summed E-state index contributed by atoms with van der Waals surface area (Å²) in [4.78, 5) is 12.8. The van der Waals surface area contributed by atoms with Crippen LogP contribution in [0.5, 0.6) is 0 Å². The van der Waals surface area contributed by atoms with E-state index in [2.05, 4.69) is 71.8 Å². The zero-order valence-corrected chi connectivity index (χ0v) is 20.7. The second-order valence-electron chi connectivity index (χ2n) is 9.64. The summed E-state index contributed by atoms with van der Waals surface area (Å²) in [6.07, 6.45) is 0.860. The number of hydrogen-bond acceptors (Lipinski definition) is 3. The maximum absolute atomic E-state index is 12.8. The first-order valence-corrected chi connectivity index (χ1v) is 15.2. The molecule has 1 N–H and O–H groups in total. The van der Waals surface area contributed by atoms with Crippen LogP contribution in [0.2, 0.25) is 25.7 Å². The van der Waals surface area contributed by atoms with E-state index in [0.717, 1.165) is 44.9 Å². The molecule has 1 aliphatic carbocycles. The van der Waals surface area contributed by atoms with Crippen LogP contribution in [0.3, 0.4) is 0 Å². The van der Waals surface area contributed by atoms with Crippen LogP contribution in [0.4, 0.5) is 5.69 Å². The molecule has 2 aliphatic rings. The van der Waals surface area contributed by atoms with Crippen molar-refractivity contribution in [2.24, 2.45) is 0 Å². The molecule has 1 aromatic heterocycles. The van der Waals surface area contributed by atoms with Crippen molar-refractivity contribution in [2.75, 3.05) is 11.9 Å². The van der Waals surface area contributed by atoms with Crippen LogP contribution in [0.15, 0.2) is 42.5 Å². The number of carbonyl (C=O) groups excluding carboxylic acids is 1. The number of hydrogen-bond donors (Lipinski definition) is 1. The summed E-state index contributed by atoms with van der Waals surface area (Å²) in [6, 6.07) is 15.7. The summed E-state index contributed by atoms with van der Waals surface area (Å²) in [5.74, 6) is 0.339. The lowest BCUT2D eigenvalue weighted by Gasteiger charge is -2.15. The molecule has 7 heteroatoms. The Kier molecular flexibility index (Phi) is 4.83. The van der Waals surface area contributed by atoms with Crippen LogP contribution < -0.4 is 5.32 Å². The van der Waals surface area contributed by atoms with Gasteiger partial charge >= 0.3 is 0 Å². The minimum absolute atomic E-state index is 0.131. The third kappa shape index (κ3) is 3.31. The second-order valence-corrected chi connectivity index (χ2v) is 16.3. The lowest BCUT2D eigenvalue weighted by atomic mass is 9.92. The van der Waals surface area contributed by atoms with Gasteiger partial charge in [-0.2, -0.15) is 5.10 Å². The van der Waals surface area contributed by atoms with E-state index in [1.54, 1.807) is 0 Å². The molecule has 1 fully saturated rings. The molecule has 1 spiro atoms. The molecule has 1 unspecified atom stereocenters. The normalized spacial score (nSPS) is 22.5. The molecule has 5 rings (SSSR count). The van der Waals surface area contributed by atoms with Crippen molar-refractivity contribution in [3.05, 3.63) is 57.3 Å². The number of benzene rings is 2. The highest BCUT2D eigenvalue weighted by Crippen LogP contribution is 2.65. The summed E-state index contributed by atoms with van der Waals surface area (Å²) < 4.78 is 8.90. The predicted octanol–water partition coefficient (Wildman–Crippen LogP) is 5.33. The fourth-order valence-electron chi connectivity index (χ4n) is 4.55. The molecule has 0 radical (unpaired) electrons. The largest absolute Gasteiger partial charge is 0.360 e. The summed E-state index contributed by atoms with van der Waals surface area (Å²) in [5, 5.41) is 8.91. The minimum Gasteiger partial charge on any atom is -0.360 e. The number of amides is 1. The van der Waals surface area contributed by atoms with Gasteiger partial charge in [-0.05, 0) is 64.4 Å². The molecule has 0 saturated heterocycles. The molecule has 1 amide bonds. The Bertz CT molecular complexity index is 1150. The molecule has 1 aliphatic heterocycles. The molecular weight excluding hydrogens is 505 g/mol. The van der Waals surface area contributed by atoms with Crippen molar-refractivity contribution in [3.63, 3.8) is 0 Å². The SMILES string of the molecule is C[Si](C)(C)CCOCn1nc(I)c2ccc([C@@H]3CC34C(=O)Nc3ccccc34)cc21. The van der Waals surface area contributed by atoms with Gasteiger partial charge in [0.05, 0.1) is 10.9 Å². The first kappa shape index (κ1) is 20.2. The number of carbonyl (C=O) groups is 1. The van der Waals surface area contributed by atoms with Gasteiger partial charge in [0.15, 0.2) is 0 Å². The fraction of sp³-hybridized carbons (Fsp3) is 0.391. The number of nitrogens with one attached hydrogen (secondary N) is 1. The highest BCUT2D eigenvalue weighted by atomic mass is 127. The molecule has 3 aromatic rings. The van der Waals surface area contributed by atoms with Crippen molar-refractivity contribution in [1.29, 1.82) is 0 Å². The number of fused-ring (bicyclic) bond motifs is 3. The molecule has 2 aromatic carbocycles. The number of rotatable bonds is 6. The van der Waals surface area contributed by atoms with Crippen molar-refractivity contribution in [1.82, 2.24) is 9.78 Å². The van der Waals surface area contributed by atoms with Crippen molar-refractivity contribution < 1.29 is 9.53 Å². The Morgan fingerprint density at radius 1 is 1.27 bits per heavy atom. The van der Waals surface area contributed by atoms with Crippen molar-refractivity contribution in [2.45, 2.75) is 50.2 Å². The monoisotopic (exact) mass is 531 g/mol. The molecular formula is C23H26IN3O2Si. The van der Waals surface area contributed by atoms with E-state index >= 15 is 0 Å². The smallest absolute Gasteiger partial charge is 0.235 e. The second kappa shape index (κ2) is 7.17. The zero-order valence-electron chi connectivity index (χ0n) is 17.5. The molecule has 1 saturated carbocycles. The van der Waals surface area contributed by atoms with E-state index in [4.69, 9.17) is 9.84 Å². The molecule has 2 heterocycles. The van der Waals surface area contributed by atoms with Crippen molar-refractivity contribution >= 4 is 53.2 Å². The maximum Gasteiger partial charge on any atom is 0.235 e. The number of aromatic nitrogens is 2. The van der Waals surface area contributed by atoms with Gasteiger partial charge < -0.3 is 10.1 Å². The van der Waals surface area contributed by atoms with Gasteiger partial charge in [0.25, 0.3) is 0 Å². The van der Waals surface area contributed by atoms with Gasteiger partial charge in [0.2, 0.25) is 5.91 Å². The number of para-hydroxylation sites is 1. The van der Waals surface area contributed by atoms with Crippen LogP contribution in [0.1, 0.15) is 23.5 Å².